The van der Waals surface area contributed by atoms with E-state index in [1.54, 1.807) is 27.7 Å². The number of epoxide rings is 1. The summed E-state index contributed by atoms with van der Waals surface area (Å²) in [6, 6.07) is 1.43. The summed E-state index contributed by atoms with van der Waals surface area (Å²) in [6.07, 6.45) is -4.98. The lowest BCUT2D eigenvalue weighted by atomic mass is 9.31. The predicted octanol–water partition coefficient (Wildman–Crippen LogP) is 2.40. The van der Waals surface area contributed by atoms with Crippen LogP contribution in [0.3, 0.4) is 0 Å². The number of hydrogen-bond acceptors (Lipinski definition) is 18. The van der Waals surface area contributed by atoms with Gasteiger partial charge in [0.05, 0.1) is 42.3 Å². The molecule has 4 saturated carbocycles. The Morgan fingerprint density at radius 1 is 0.879 bits per heavy atom. The highest BCUT2D eigenvalue weighted by Gasteiger charge is 3.09. The first-order valence-electron chi connectivity index (χ1n) is 19.3. The molecule has 4 aliphatic heterocycles. The number of fused-ring (bicyclic) bond motifs is 3. The molecule has 15 unspecified atom stereocenters. The van der Waals surface area contributed by atoms with Gasteiger partial charge in [-0.25, -0.2) is 4.79 Å². The van der Waals surface area contributed by atoms with Crippen LogP contribution in [0.2, 0.25) is 0 Å². The fourth-order valence-electron chi connectivity index (χ4n) is 13.7. The number of ketones is 1. The Hall–Kier alpha value is -4.39. The predicted molar refractivity (Wildman–Crippen MR) is 184 cm³/mol. The first-order valence-corrected chi connectivity index (χ1v) is 19.3. The number of furan rings is 1. The lowest BCUT2D eigenvalue weighted by Gasteiger charge is -2.79. The van der Waals surface area contributed by atoms with Gasteiger partial charge >= 0.3 is 35.8 Å². The SMILES string of the molecule is COC(=O)CC1C2(C)CC3(OC(C)=O)C(OC(C)=O)(C2OC(=O)C2(C)OC2C)C2OC(=O)CC45OC6(C)OC24C(O6)(C(OC(C)=O)CC5(C)C(=O)c2ccoc2)C13C. The van der Waals surface area contributed by atoms with Crippen molar-refractivity contribution < 1.29 is 85.3 Å². The number of hydrogen-bond donors (Lipinski definition) is 0. The molecule has 0 N–H and O–H groups in total. The third-order valence-electron chi connectivity index (χ3n) is 15.5. The van der Waals surface area contributed by atoms with E-state index in [1.807, 2.05) is 0 Å². The van der Waals surface area contributed by atoms with Gasteiger partial charge in [-0.05, 0) is 32.8 Å². The highest BCUT2D eigenvalue weighted by molar-refractivity contribution is 6.02. The van der Waals surface area contributed by atoms with E-state index in [9.17, 15) is 28.8 Å². The minimum atomic E-state index is -2.53. The van der Waals surface area contributed by atoms with Crippen LogP contribution in [0.25, 0.3) is 0 Å². The Morgan fingerprint density at radius 2 is 1.53 bits per heavy atom. The summed E-state index contributed by atoms with van der Waals surface area (Å²) in [5, 5.41) is 0. The molecule has 18 heteroatoms. The Kier molecular flexibility index (Phi) is 7.45. The minimum Gasteiger partial charge on any atom is -0.472 e. The Bertz CT molecular complexity index is 2120. The fourth-order valence-corrected chi connectivity index (χ4v) is 13.7. The van der Waals surface area contributed by atoms with Gasteiger partial charge in [0.2, 0.25) is 5.60 Å². The molecule has 0 aromatic carbocycles. The van der Waals surface area contributed by atoms with Gasteiger partial charge in [0.25, 0.3) is 5.97 Å². The van der Waals surface area contributed by atoms with E-state index in [0.717, 1.165) is 20.8 Å². The Labute approximate surface area is 332 Å². The van der Waals surface area contributed by atoms with E-state index in [4.69, 9.17) is 51.8 Å². The van der Waals surface area contributed by atoms with Crippen molar-refractivity contribution in [3.8, 4) is 0 Å². The number of carbonyl (C=O) groups excluding carboxylic acids is 7. The summed E-state index contributed by atoms with van der Waals surface area (Å²) in [5.74, 6) is -9.10. The average Bonchev–Trinajstić information content (AvgIpc) is 3.60. The van der Waals surface area contributed by atoms with Crippen LogP contribution < -0.4 is 0 Å². The average molecular weight is 815 g/mol. The van der Waals surface area contributed by atoms with Gasteiger partial charge in [-0.15, -0.1) is 0 Å². The molecule has 58 heavy (non-hydrogen) atoms. The Morgan fingerprint density at radius 3 is 2.10 bits per heavy atom. The van der Waals surface area contributed by atoms with E-state index in [-0.39, 0.29) is 18.4 Å². The molecule has 15 atom stereocenters. The smallest absolute Gasteiger partial charge is 0.341 e. The molecule has 1 spiro atoms. The fraction of sp³-hybridized carbons (Fsp3) is 0.725. The minimum absolute atomic E-state index is 0.0838. The molecule has 8 fully saturated rings. The summed E-state index contributed by atoms with van der Waals surface area (Å²) in [7, 11) is 1.19. The number of Topliss-reactive ketones (excluding diaryl/α,β-unsaturated/α-hetero) is 1. The summed E-state index contributed by atoms with van der Waals surface area (Å²) in [4.78, 5) is 98.9. The van der Waals surface area contributed by atoms with Gasteiger partial charge in [0.1, 0.15) is 18.0 Å². The van der Waals surface area contributed by atoms with Crippen molar-refractivity contribution in [2.75, 3.05) is 7.11 Å². The van der Waals surface area contributed by atoms with Crippen LogP contribution in [0.1, 0.15) is 98.4 Å². The molecular formula is C40H46O18. The molecule has 0 amide bonds. The largest absolute Gasteiger partial charge is 0.472 e. The van der Waals surface area contributed by atoms with Crippen LogP contribution in [0.15, 0.2) is 23.0 Å². The second-order valence-electron chi connectivity index (χ2n) is 18.2. The molecule has 5 heterocycles. The van der Waals surface area contributed by atoms with Gasteiger partial charge < -0.3 is 51.8 Å². The zero-order chi connectivity index (χ0) is 42.2. The van der Waals surface area contributed by atoms with Crippen LogP contribution in [0, 0.1) is 22.2 Å². The van der Waals surface area contributed by atoms with Gasteiger partial charge in [-0.1, -0.05) is 13.8 Å². The third kappa shape index (κ3) is 3.84. The van der Waals surface area contributed by atoms with E-state index in [2.05, 4.69) is 0 Å². The van der Waals surface area contributed by atoms with Crippen molar-refractivity contribution in [3.63, 3.8) is 0 Å². The number of esters is 6. The molecule has 1 aromatic heterocycles. The molecule has 18 nitrogen and oxygen atoms in total. The topological polar surface area (TPSA) is 228 Å². The van der Waals surface area contributed by atoms with Crippen LogP contribution in [-0.2, 0) is 76.1 Å². The first-order chi connectivity index (χ1) is 26.9. The lowest BCUT2D eigenvalue weighted by molar-refractivity contribution is -0.473. The van der Waals surface area contributed by atoms with Crippen molar-refractivity contribution in [3.05, 3.63) is 24.2 Å². The number of methoxy groups -OCH3 is 1. The second kappa shape index (κ2) is 11.1. The van der Waals surface area contributed by atoms with Crippen molar-refractivity contribution in [2.24, 2.45) is 22.2 Å². The van der Waals surface area contributed by atoms with E-state index >= 15 is 4.79 Å². The van der Waals surface area contributed by atoms with Gasteiger partial charge in [-0.3, -0.25) is 28.8 Å². The maximum atomic E-state index is 15.1. The molecule has 8 aliphatic rings. The molecule has 4 aliphatic carbocycles. The van der Waals surface area contributed by atoms with Crippen molar-refractivity contribution in [1.82, 2.24) is 0 Å². The molecule has 1 aromatic rings. The van der Waals surface area contributed by atoms with Crippen molar-refractivity contribution in [1.29, 1.82) is 0 Å². The molecule has 0 radical (unpaired) electrons. The molecule has 314 valence electrons. The van der Waals surface area contributed by atoms with Crippen LogP contribution in [0.5, 0.6) is 0 Å². The summed E-state index contributed by atoms with van der Waals surface area (Å²) < 4.78 is 69.7. The molecule has 9 rings (SSSR count). The van der Waals surface area contributed by atoms with Gasteiger partial charge in [0, 0.05) is 52.4 Å². The highest BCUT2D eigenvalue weighted by atomic mass is 17.0. The maximum Gasteiger partial charge on any atom is 0.341 e. The standard InChI is InChI=1S/C40H46O18/c1-18-33(7,53-18)30(47)52-28-31(5)17-37(54-20(3)42)34(8,23(31)13-25(44)48-10)39-24(50-19(2)41)14-32(6,27(46)22-11-12-49-16-22)36-15-26(45)51-29(38(28,37)55-21(4)43)40(36,39)58-35(9,56-36)57-39/h11-12,16,18,23-24,28-29H,13-15,17H2,1-10H3. The lowest BCUT2D eigenvalue weighted by Crippen LogP contribution is -3.00. The van der Waals surface area contributed by atoms with Crippen LogP contribution in [0.4, 0.5) is 0 Å². The summed E-state index contributed by atoms with van der Waals surface area (Å²) >= 11 is 0. The van der Waals surface area contributed by atoms with Gasteiger partial charge in [0.15, 0.2) is 40.4 Å². The number of carbonyl (C=O) groups is 7. The zero-order valence-corrected chi connectivity index (χ0v) is 33.8. The third-order valence-corrected chi connectivity index (χ3v) is 15.5. The van der Waals surface area contributed by atoms with Crippen LogP contribution in [-0.4, -0.2) is 113 Å². The van der Waals surface area contributed by atoms with Gasteiger partial charge in [-0.2, -0.15) is 0 Å². The van der Waals surface area contributed by atoms with Crippen molar-refractivity contribution >= 4 is 41.6 Å². The van der Waals surface area contributed by atoms with E-state index in [0.29, 0.717) is 0 Å². The number of ether oxygens (including phenoxy) is 10. The molecule has 4 bridgehead atoms. The first kappa shape index (κ1) is 39.1. The maximum absolute atomic E-state index is 15.1. The highest BCUT2D eigenvalue weighted by Crippen LogP contribution is 2.90. The molecular weight excluding hydrogens is 768 g/mol. The Balaban J connectivity index is 1.45. The second-order valence-corrected chi connectivity index (χ2v) is 18.2. The van der Waals surface area contributed by atoms with Crippen LogP contribution >= 0.6 is 0 Å². The summed E-state index contributed by atoms with van der Waals surface area (Å²) in [5.41, 5.74) is -18.1. The normalized spacial score (nSPS) is 50.6. The zero-order valence-electron chi connectivity index (χ0n) is 33.8. The summed E-state index contributed by atoms with van der Waals surface area (Å²) in [6.45, 7) is 12.8. The quantitative estimate of drug-likeness (QED) is 0.151. The van der Waals surface area contributed by atoms with E-state index < -0.39 is 141 Å². The molecule has 4 saturated heterocycles. The number of rotatable bonds is 9. The van der Waals surface area contributed by atoms with E-state index in [1.165, 1.54) is 39.5 Å². The van der Waals surface area contributed by atoms with Crippen molar-refractivity contribution in [2.45, 2.75) is 152 Å². The monoisotopic (exact) mass is 814 g/mol.